The Balaban J connectivity index is 1.91. The van der Waals surface area contributed by atoms with Crippen LogP contribution in [0.2, 0.25) is 0 Å². The first-order valence-corrected chi connectivity index (χ1v) is 8.56. The van der Waals surface area contributed by atoms with Crippen molar-refractivity contribution in [1.82, 2.24) is 9.97 Å². The lowest BCUT2D eigenvalue weighted by Gasteiger charge is -2.32. The Morgan fingerprint density at radius 3 is 3.05 bits per heavy atom. The number of ether oxygens (including phenoxy) is 1. The lowest BCUT2D eigenvalue weighted by atomic mass is 9.98. The van der Waals surface area contributed by atoms with Crippen molar-refractivity contribution in [2.75, 3.05) is 24.6 Å². The van der Waals surface area contributed by atoms with Crippen LogP contribution in [0.1, 0.15) is 30.5 Å². The van der Waals surface area contributed by atoms with Crippen LogP contribution in [0, 0.1) is 19.8 Å². The largest absolute Gasteiger partial charge is 0.466 e. The van der Waals surface area contributed by atoms with Gasteiger partial charge in [-0.3, -0.25) is 4.79 Å². The summed E-state index contributed by atoms with van der Waals surface area (Å²) in [5.41, 5.74) is 0. The van der Waals surface area contributed by atoms with Crippen LogP contribution in [0.15, 0.2) is 6.07 Å². The Hall–Kier alpha value is -1.69. The van der Waals surface area contributed by atoms with Gasteiger partial charge in [0.15, 0.2) is 0 Å². The molecule has 5 nitrogen and oxygen atoms in total. The monoisotopic (exact) mass is 319 g/mol. The molecule has 118 valence electrons. The summed E-state index contributed by atoms with van der Waals surface area (Å²) in [7, 11) is 0. The predicted molar refractivity (Wildman–Crippen MR) is 88.5 cm³/mol. The Labute approximate surface area is 134 Å². The third-order valence-electron chi connectivity index (χ3n) is 3.95. The highest BCUT2D eigenvalue weighted by Crippen LogP contribution is 2.32. The molecule has 6 heteroatoms. The van der Waals surface area contributed by atoms with Crippen LogP contribution in [0.5, 0.6) is 0 Å². The summed E-state index contributed by atoms with van der Waals surface area (Å²) in [5.74, 6) is 1.60. The minimum atomic E-state index is -0.0873. The number of rotatable bonds is 3. The van der Waals surface area contributed by atoms with Crippen LogP contribution in [-0.2, 0) is 9.53 Å². The molecule has 1 fully saturated rings. The quantitative estimate of drug-likeness (QED) is 0.814. The number of anilines is 1. The summed E-state index contributed by atoms with van der Waals surface area (Å²) in [4.78, 5) is 25.7. The second-order valence-electron chi connectivity index (χ2n) is 5.71. The fraction of sp³-hybridized carbons (Fsp3) is 0.562. The van der Waals surface area contributed by atoms with Crippen molar-refractivity contribution in [2.24, 2.45) is 5.92 Å². The van der Waals surface area contributed by atoms with Crippen molar-refractivity contribution in [1.29, 1.82) is 0 Å². The Morgan fingerprint density at radius 1 is 1.45 bits per heavy atom. The summed E-state index contributed by atoms with van der Waals surface area (Å²) < 4.78 is 5.18. The number of fused-ring (bicyclic) bond motifs is 1. The van der Waals surface area contributed by atoms with Gasteiger partial charge in [0.2, 0.25) is 0 Å². The van der Waals surface area contributed by atoms with E-state index in [0.29, 0.717) is 13.2 Å². The van der Waals surface area contributed by atoms with Crippen LogP contribution in [0.4, 0.5) is 5.82 Å². The number of carbonyl (C=O) groups is 1. The molecule has 22 heavy (non-hydrogen) atoms. The summed E-state index contributed by atoms with van der Waals surface area (Å²) >= 11 is 1.69. The lowest BCUT2D eigenvalue weighted by Crippen LogP contribution is -2.40. The summed E-state index contributed by atoms with van der Waals surface area (Å²) in [6, 6.07) is 2.14. The number of piperidine rings is 1. The molecule has 2 aromatic heterocycles. The van der Waals surface area contributed by atoms with E-state index in [0.717, 1.165) is 41.2 Å². The highest BCUT2D eigenvalue weighted by atomic mass is 32.1. The zero-order chi connectivity index (χ0) is 15.7. The molecule has 0 spiro atoms. The maximum atomic E-state index is 12.0. The molecule has 1 aliphatic heterocycles. The van der Waals surface area contributed by atoms with Crippen LogP contribution in [-0.4, -0.2) is 35.6 Å². The van der Waals surface area contributed by atoms with E-state index < -0.39 is 0 Å². The van der Waals surface area contributed by atoms with Crippen molar-refractivity contribution in [3.8, 4) is 0 Å². The number of aryl methyl sites for hydroxylation is 2. The second kappa shape index (κ2) is 6.20. The molecular weight excluding hydrogens is 298 g/mol. The number of hydrogen-bond acceptors (Lipinski definition) is 6. The van der Waals surface area contributed by atoms with E-state index in [-0.39, 0.29) is 11.9 Å². The molecular formula is C16H21N3O2S. The number of carbonyl (C=O) groups excluding carboxylic acids is 1. The first kappa shape index (κ1) is 15.2. The Morgan fingerprint density at radius 2 is 2.27 bits per heavy atom. The van der Waals surface area contributed by atoms with Gasteiger partial charge in [0.1, 0.15) is 16.5 Å². The van der Waals surface area contributed by atoms with Crippen molar-refractivity contribution in [2.45, 2.75) is 33.6 Å². The minimum Gasteiger partial charge on any atom is -0.466 e. The van der Waals surface area contributed by atoms with E-state index >= 15 is 0 Å². The topological polar surface area (TPSA) is 55.3 Å². The van der Waals surface area contributed by atoms with Crippen LogP contribution < -0.4 is 4.90 Å². The van der Waals surface area contributed by atoms with Crippen LogP contribution in [0.25, 0.3) is 10.2 Å². The van der Waals surface area contributed by atoms with Gasteiger partial charge >= 0.3 is 5.97 Å². The van der Waals surface area contributed by atoms with Crippen molar-refractivity contribution in [3.63, 3.8) is 0 Å². The van der Waals surface area contributed by atoms with E-state index in [1.165, 1.54) is 4.88 Å². The van der Waals surface area contributed by atoms with Crippen molar-refractivity contribution >= 4 is 33.3 Å². The number of nitrogens with zero attached hydrogens (tertiary/aromatic N) is 3. The summed E-state index contributed by atoms with van der Waals surface area (Å²) in [5, 5.41) is 1.10. The number of hydrogen-bond donors (Lipinski definition) is 0. The molecule has 0 aliphatic carbocycles. The maximum Gasteiger partial charge on any atom is 0.310 e. The number of aromatic nitrogens is 2. The van der Waals surface area contributed by atoms with E-state index in [4.69, 9.17) is 4.74 Å². The van der Waals surface area contributed by atoms with Crippen molar-refractivity contribution in [3.05, 3.63) is 16.8 Å². The average molecular weight is 319 g/mol. The smallest absolute Gasteiger partial charge is 0.310 e. The van der Waals surface area contributed by atoms with Gasteiger partial charge in [-0.15, -0.1) is 11.3 Å². The normalized spacial score (nSPS) is 18.7. The van der Waals surface area contributed by atoms with Gasteiger partial charge in [0, 0.05) is 18.0 Å². The van der Waals surface area contributed by atoms with Gasteiger partial charge in [-0.2, -0.15) is 0 Å². The van der Waals surface area contributed by atoms with Gasteiger partial charge in [0.05, 0.1) is 17.9 Å². The summed E-state index contributed by atoms with van der Waals surface area (Å²) in [6.45, 7) is 7.91. The van der Waals surface area contributed by atoms with E-state index in [1.807, 2.05) is 13.8 Å². The fourth-order valence-electron chi connectivity index (χ4n) is 2.99. The first-order chi connectivity index (χ1) is 10.6. The molecule has 3 heterocycles. The molecule has 3 rings (SSSR count). The fourth-order valence-corrected chi connectivity index (χ4v) is 3.91. The van der Waals surface area contributed by atoms with Gasteiger partial charge < -0.3 is 9.64 Å². The molecule has 0 N–H and O–H groups in total. The molecule has 1 saturated heterocycles. The lowest BCUT2D eigenvalue weighted by molar-refractivity contribution is -0.148. The predicted octanol–water partition coefficient (Wildman–Crippen LogP) is 3.09. The third kappa shape index (κ3) is 2.92. The van der Waals surface area contributed by atoms with Gasteiger partial charge in [-0.05, 0) is 39.7 Å². The molecule has 1 atom stereocenters. The van der Waals surface area contributed by atoms with Crippen LogP contribution >= 0.6 is 11.3 Å². The standard InChI is InChI=1S/C16H21N3O2S/c1-4-21-16(20)12-6-5-7-19(9-12)14-13-8-10(2)22-15(13)18-11(3)17-14/h8,12H,4-7,9H2,1-3H3. The van der Waals surface area contributed by atoms with Crippen LogP contribution in [0.3, 0.4) is 0 Å². The number of thiophene rings is 1. The maximum absolute atomic E-state index is 12.0. The SMILES string of the molecule is CCOC(=O)C1CCCN(c2nc(C)nc3sc(C)cc23)C1. The molecule has 0 saturated carbocycles. The molecule has 0 bridgehead atoms. The average Bonchev–Trinajstić information content (AvgIpc) is 2.86. The van der Waals surface area contributed by atoms with E-state index in [9.17, 15) is 4.79 Å². The Bertz CT molecular complexity index is 698. The van der Waals surface area contributed by atoms with Gasteiger partial charge in [-0.25, -0.2) is 9.97 Å². The van der Waals surface area contributed by atoms with Gasteiger partial charge in [-0.1, -0.05) is 0 Å². The zero-order valence-electron chi connectivity index (χ0n) is 13.3. The van der Waals surface area contributed by atoms with E-state index in [2.05, 4.69) is 27.9 Å². The number of esters is 1. The third-order valence-corrected chi connectivity index (χ3v) is 4.89. The highest BCUT2D eigenvalue weighted by Gasteiger charge is 2.28. The Kier molecular flexibility index (Phi) is 4.29. The minimum absolute atomic E-state index is 0.0567. The van der Waals surface area contributed by atoms with Crippen molar-refractivity contribution < 1.29 is 9.53 Å². The highest BCUT2D eigenvalue weighted by molar-refractivity contribution is 7.18. The molecule has 0 amide bonds. The van der Waals surface area contributed by atoms with E-state index in [1.54, 1.807) is 11.3 Å². The summed E-state index contributed by atoms with van der Waals surface area (Å²) in [6.07, 6.45) is 1.88. The molecule has 1 aliphatic rings. The zero-order valence-corrected chi connectivity index (χ0v) is 14.1. The first-order valence-electron chi connectivity index (χ1n) is 7.75. The molecule has 2 aromatic rings. The second-order valence-corrected chi connectivity index (χ2v) is 6.94. The molecule has 0 aromatic carbocycles. The molecule has 0 radical (unpaired) electrons. The van der Waals surface area contributed by atoms with Gasteiger partial charge in [0.25, 0.3) is 0 Å². The molecule has 1 unspecified atom stereocenters.